The molecule has 0 fully saturated rings. The lowest BCUT2D eigenvalue weighted by atomic mass is 9.96. The van der Waals surface area contributed by atoms with Crippen molar-refractivity contribution in [2.45, 2.75) is 0 Å². The molecule has 4 nitrogen and oxygen atoms in total. The number of fused-ring (bicyclic) bond motifs is 4. The van der Waals surface area contributed by atoms with E-state index in [1.807, 2.05) is 30.3 Å². The van der Waals surface area contributed by atoms with E-state index in [4.69, 9.17) is 0 Å². The number of hydrogen-bond donors (Lipinski definition) is 2. The van der Waals surface area contributed by atoms with Crippen LogP contribution in [-0.2, 0) is 9.59 Å². The van der Waals surface area contributed by atoms with E-state index in [1.54, 1.807) is 18.2 Å². The number of ketones is 2. The van der Waals surface area contributed by atoms with Crippen LogP contribution >= 0.6 is 0 Å². The Morgan fingerprint density at radius 2 is 1.19 bits per heavy atom. The summed E-state index contributed by atoms with van der Waals surface area (Å²) in [6, 6.07) is 14.4. The molecule has 5 rings (SSSR count). The van der Waals surface area contributed by atoms with Crippen molar-refractivity contribution in [3.8, 4) is 11.5 Å². The minimum atomic E-state index is -0.557. The number of hydrogen-bond acceptors (Lipinski definition) is 4. The third-order valence-corrected chi connectivity index (χ3v) is 4.88. The van der Waals surface area contributed by atoms with E-state index in [-0.39, 0.29) is 11.5 Å². The predicted molar refractivity (Wildman–Crippen MR) is 100 cm³/mol. The first-order valence-corrected chi connectivity index (χ1v) is 8.13. The smallest absolute Gasteiger partial charge is 0.226 e. The molecule has 4 heteroatoms. The Morgan fingerprint density at radius 1 is 0.577 bits per heavy atom. The number of aromatic hydroxyl groups is 2. The molecular weight excluding hydrogens is 328 g/mol. The Morgan fingerprint density at radius 3 is 1.96 bits per heavy atom. The molecule has 0 amide bonds. The van der Waals surface area contributed by atoms with Crippen LogP contribution in [0.3, 0.4) is 0 Å². The second-order valence-electron chi connectivity index (χ2n) is 6.55. The molecule has 0 spiro atoms. The molecule has 124 valence electrons. The summed E-state index contributed by atoms with van der Waals surface area (Å²) < 4.78 is 0. The van der Waals surface area contributed by atoms with Gasteiger partial charge in [-0.1, -0.05) is 6.07 Å². The zero-order chi connectivity index (χ0) is 18.0. The highest BCUT2D eigenvalue weighted by molar-refractivity contribution is 6.57. The molecule has 26 heavy (non-hydrogen) atoms. The summed E-state index contributed by atoms with van der Waals surface area (Å²) >= 11 is 0. The lowest BCUT2D eigenvalue weighted by Crippen LogP contribution is -2.33. The van der Waals surface area contributed by atoms with Crippen molar-refractivity contribution in [3.05, 3.63) is 59.0 Å². The average molecular weight is 340 g/mol. The van der Waals surface area contributed by atoms with Crippen LogP contribution in [-0.4, -0.2) is 21.8 Å². The highest BCUT2D eigenvalue weighted by Crippen LogP contribution is 2.36. The largest absolute Gasteiger partial charge is 0.508 e. The van der Waals surface area contributed by atoms with Crippen molar-refractivity contribution < 1.29 is 19.8 Å². The topological polar surface area (TPSA) is 74.6 Å². The highest BCUT2D eigenvalue weighted by Gasteiger charge is 2.14. The van der Waals surface area contributed by atoms with Gasteiger partial charge in [0, 0.05) is 10.8 Å². The Labute approximate surface area is 146 Å². The van der Waals surface area contributed by atoms with E-state index in [9.17, 15) is 19.8 Å². The number of carbonyl (C=O) groups excluding carboxylic acids is 2. The number of Topliss-reactive ketones (excluding diaryl/α,β-unsaturated/α-hetero) is 2. The Kier molecular flexibility index (Phi) is 2.78. The van der Waals surface area contributed by atoms with Gasteiger partial charge in [0.25, 0.3) is 0 Å². The molecule has 1 aliphatic rings. The van der Waals surface area contributed by atoms with E-state index in [2.05, 4.69) is 0 Å². The number of benzene rings is 4. The Bertz CT molecular complexity index is 1430. The average Bonchev–Trinajstić information content (AvgIpc) is 2.61. The fourth-order valence-corrected chi connectivity index (χ4v) is 3.59. The van der Waals surface area contributed by atoms with E-state index in [0.717, 1.165) is 21.5 Å². The van der Waals surface area contributed by atoms with Crippen molar-refractivity contribution >= 4 is 56.0 Å². The number of phenolic OH excluding ortho intramolecular Hbond substituents is 2. The van der Waals surface area contributed by atoms with Gasteiger partial charge in [0.1, 0.15) is 11.5 Å². The van der Waals surface area contributed by atoms with Gasteiger partial charge < -0.3 is 10.2 Å². The van der Waals surface area contributed by atoms with Gasteiger partial charge in [-0.2, -0.15) is 0 Å². The summed E-state index contributed by atoms with van der Waals surface area (Å²) in [4.78, 5) is 23.3. The normalized spacial score (nSPS) is 13.7. The molecule has 0 heterocycles. The van der Waals surface area contributed by atoms with Gasteiger partial charge in [0.2, 0.25) is 11.6 Å². The minimum Gasteiger partial charge on any atom is -0.508 e. The van der Waals surface area contributed by atoms with Crippen LogP contribution in [0.2, 0.25) is 0 Å². The zero-order valence-electron chi connectivity index (χ0n) is 13.5. The summed E-state index contributed by atoms with van der Waals surface area (Å²) in [5.74, 6) is -0.811. The van der Waals surface area contributed by atoms with Gasteiger partial charge in [-0.15, -0.1) is 0 Å². The van der Waals surface area contributed by atoms with Crippen LogP contribution in [0.25, 0.3) is 44.5 Å². The molecule has 0 bridgehead atoms. The van der Waals surface area contributed by atoms with Crippen molar-refractivity contribution in [2.75, 3.05) is 0 Å². The summed E-state index contributed by atoms with van der Waals surface area (Å²) in [6.07, 6.45) is 2.64. The maximum Gasteiger partial charge on any atom is 0.226 e. The van der Waals surface area contributed by atoms with Gasteiger partial charge in [-0.25, -0.2) is 0 Å². The lowest BCUT2D eigenvalue weighted by molar-refractivity contribution is -0.129. The van der Waals surface area contributed by atoms with Gasteiger partial charge in [0.05, 0.1) is 0 Å². The maximum absolute atomic E-state index is 11.6. The van der Waals surface area contributed by atoms with Crippen LogP contribution in [0.1, 0.15) is 0 Å². The third kappa shape index (κ3) is 2.02. The SMILES string of the molecule is O=C1C=c2cc3cc4cc5ccc(O)cc5cc4c(O)c3cc2=CC1=O. The molecule has 1 aliphatic carbocycles. The molecule has 0 atom stereocenters. The van der Waals surface area contributed by atoms with Gasteiger partial charge in [-0.05, 0) is 86.6 Å². The second-order valence-corrected chi connectivity index (χ2v) is 6.55. The molecule has 0 unspecified atom stereocenters. The molecule has 0 aliphatic heterocycles. The summed E-state index contributed by atoms with van der Waals surface area (Å²) in [5.41, 5.74) is 0. The monoisotopic (exact) mass is 340 g/mol. The molecule has 0 saturated heterocycles. The van der Waals surface area contributed by atoms with Gasteiger partial charge in [0.15, 0.2) is 0 Å². The second kappa shape index (κ2) is 4.92. The van der Waals surface area contributed by atoms with Crippen LogP contribution in [0.15, 0.2) is 48.5 Å². The number of carbonyl (C=O) groups is 2. The highest BCUT2D eigenvalue weighted by atomic mass is 16.3. The van der Waals surface area contributed by atoms with E-state index in [0.29, 0.717) is 21.2 Å². The lowest BCUT2D eigenvalue weighted by Gasteiger charge is -2.10. The van der Waals surface area contributed by atoms with Crippen molar-refractivity contribution in [1.82, 2.24) is 0 Å². The molecule has 0 radical (unpaired) electrons. The quantitative estimate of drug-likeness (QED) is 0.380. The number of phenols is 2. The molecule has 4 aromatic carbocycles. The fourth-order valence-electron chi connectivity index (χ4n) is 3.59. The van der Waals surface area contributed by atoms with Crippen LogP contribution < -0.4 is 10.4 Å². The fraction of sp³-hybridized carbons (Fsp3) is 0. The predicted octanol–water partition coefficient (Wildman–Crippen LogP) is 2.27. The van der Waals surface area contributed by atoms with Crippen molar-refractivity contribution in [1.29, 1.82) is 0 Å². The molecular formula is C22H12O4. The van der Waals surface area contributed by atoms with Crippen molar-refractivity contribution in [2.24, 2.45) is 0 Å². The third-order valence-electron chi connectivity index (χ3n) is 4.88. The Balaban J connectivity index is 1.94. The summed E-state index contributed by atoms with van der Waals surface area (Å²) in [7, 11) is 0. The summed E-state index contributed by atoms with van der Waals surface area (Å²) in [6.45, 7) is 0. The first-order chi connectivity index (χ1) is 12.5. The van der Waals surface area contributed by atoms with Crippen molar-refractivity contribution in [3.63, 3.8) is 0 Å². The first-order valence-electron chi connectivity index (χ1n) is 8.13. The molecule has 4 aromatic rings. The van der Waals surface area contributed by atoms with Gasteiger partial charge >= 0.3 is 0 Å². The van der Waals surface area contributed by atoms with Crippen LogP contribution in [0, 0.1) is 0 Å². The minimum absolute atomic E-state index is 0.114. The number of rotatable bonds is 0. The molecule has 2 N–H and O–H groups in total. The molecule has 0 aromatic heterocycles. The molecule has 0 saturated carbocycles. The maximum atomic E-state index is 11.6. The standard InChI is InChI=1S/C22H12O4/c23-17-2-1-11-3-15-5-16-4-12-9-20(24)21(25)10-14(12)8-19(16)22(26)18(15)7-13(11)6-17/h1-10,23,26H. The van der Waals surface area contributed by atoms with E-state index < -0.39 is 11.6 Å². The van der Waals surface area contributed by atoms with E-state index in [1.165, 1.54) is 12.2 Å². The first kappa shape index (κ1) is 14.7. The van der Waals surface area contributed by atoms with E-state index >= 15 is 0 Å². The zero-order valence-corrected chi connectivity index (χ0v) is 13.5. The van der Waals surface area contributed by atoms with Gasteiger partial charge in [-0.3, -0.25) is 9.59 Å². The van der Waals surface area contributed by atoms with Crippen LogP contribution in [0.5, 0.6) is 11.5 Å². The Hall–Kier alpha value is -3.66. The van der Waals surface area contributed by atoms with Crippen LogP contribution in [0.4, 0.5) is 0 Å². The summed E-state index contributed by atoms with van der Waals surface area (Å²) in [5, 5.41) is 26.5.